The van der Waals surface area contributed by atoms with Crippen molar-refractivity contribution in [2.75, 3.05) is 5.48 Å². The monoisotopic (exact) mass is 411 g/mol. The van der Waals surface area contributed by atoms with Crippen molar-refractivity contribution in [3.63, 3.8) is 0 Å². The first kappa shape index (κ1) is 18.6. The lowest BCUT2D eigenvalue weighted by molar-refractivity contribution is 0.149. The molecule has 0 aliphatic rings. The highest BCUT2D eigenvalue weighted by molar-refractivity contribution is 7.89. The lowest BCUT2D eigenvalue weighted by Crippen LogP contribution is -2.27. The third-order valence-corrected chi connectivity index (χ3v) is 5.10. The summed E-state index contributed by atoms with van der Waals surface area (Å²) in [4.78, 5) is 14.1. The lowest BCUT2D eigenvalue weighted by atomic mass is 10.2. The van der Waals surface area contributed by atoms with Crippen molar-refractivity contribution in [1.82, 2.24) is 25.1 Å². The molecule has 0 spiro atoms. The summed E-state index contributed by atoms with van der Waals surface area (Å²) in [5.74, 6) is 0.549. The fourth-order valence-corrected chi connectivity index (χ4v) is 3.38. The van der Waals surface area contributed by atoms with Crippen LogP contribution in [0, 0.1) is 18.3 Å². The van der Waals surface area contributed by atoms with Gasteiger partial charge in [-0.2, -0.15) is 10.2 Å². The van der Waals surface area contributed by atoms with Crippen LogP contribution in [0.5, 0.6) is 0 Å². The summed E-state index contributed by atoms with van der Waals surface area (Å²) in [6, 6.07) is 9.14. The van der Waals surface area contributed by atoms with Gasteiger partial charge in [0.2, 0.25) is 5.89 Å². The second-order valence-electron chi connectivity index (χ2n) is 5.84. The van der Waals surface area contributed by atoms with Crippen LogP contribution in [-0.2, 0) is 15.0 Å². The zero-order valence-electron chi connectivity index (χ0n) is 14.9. The molecule has 0 unspecified atom stereocenters. The van der Waals surface area contributed by atoms with Gasteiger partial charge in [0.25, 0.3) is 15.9 Å². The number of anilines is 1. The maximum absolute atomic E-state index is 12.4. The molecule has 29 heavy (non-hydrogen) atoms. The number of aromatic nitrogens is 4. The Labute approximate surface area is 164 Å². The molecule has 3 heterocycles. The van der Waals surface area contributed by atoms with Gasteiger partial charge in [-0.05, 0) is 24.3 Å². The SMILES string of the molecule is Cc1nnc(-c2cnc3[nH]ccc3c2NONS(=O)(=O)c2cccc(C#N)c2)o1. The number of aryl methyl sites for hydroxylation is 1. The molecule has 3 N–H and O–H groups in total. The summed E-state index contributed by atoms with van der Waals surface area (Å²) < 4.78 is 30.3. The predicted molar refractivity (Wildman–Crippen MR) is 100 cm³/mol. The van der Waals surface area contributed by atoms with Crippen LogP contribution in [0.4, 0.5) is 5.69 Å². The number of hydrogen-bond donors (Lipinski definition) is 3. The largest absolute Gasteiger partial charge is 0.421 e. The molecule has 0 radical (unpaired) electrons. The number of nitrogens with zero attached hydrogens (tertiary/aromatic N) is 4. The number of sulfonamides is 1. The van der Waals surface area contributed by atoms with E-state index < -0.39 is 10.0 Å². The van der Waals surface area contributed by atoms with E-state index in [0.717, 1.165) is 0 Å². The fourth-order valence-electron chi connectivity index (χ4n) is 2.59. The summed E-state index contributed by atoms with van der Waals surface area (Å²) in [7, 11) is -4.04. The highest BCUT2D eigenvalue weighted by Crippen LogP contribution is 2.32. The molecule has 0 bridgehead atoms. The van der Waals surface area contributed by atoms with Gasteiger partial charge in [-0.1, -0.05) is 11.0 Å². The van der Waals surface area contributed by atoms with E-state index in [2.05, 4.69) is 25.6 Å². The fraction of sp³-hybridized carbons (Fsp3) is 0.0588. The zero-order chi connectivity index (χ0) is 20.4. The molecule has 3 aromatic heterocycles. The molecule has 146 valence electrons. The molecular weight excluding hydrogens is 398 g/mol. The van der Waals surface area contributed by atoms with E-state index in [1.807, 2.05) is 11.0 Å². The maximum atomic E-state index is 12.4. The Morgan fingerprint density at radius 1 is 1.28 bits per heavy atom. The van der Waals surface area contributed by atoms with Crippen LogP contribution in [-0.4, -0.2) is 28.6 Å². The number of benzene rings is 1. The number of aromatic amines is 1. The van der Waals surface area contributed by atoms with Crippen molar-refractivity contribution < 1.29 is 17.8 Å². The summed E-state index contributed by atoms with van der Waals surface area (Å²) >= 11 is 0. The Hall–Kier alpha value is -3.79. The summed E-state index contributed by atoms with van der Waals surface area (Å²) in [6.07, 6.45) is 3.16. The topological polar surface area (TPSA) is 159 Å². The first-order chi connectivity index (χ1) is 14.0. The van der Waals surface area contributed by atoms with Gasteiger partial charge in [-0.3, -0.25) is 0 Å². The molecule has 0 saturated carbocycles. The first-order valence-corrected chi connectivity index (χ1v) is 9.66. The molecule has 4 rings (SSSR count). The summed E-state index contributed by atoms with van der Waals surface area (Å²) in [5.41, 5.74) is 4.10. The molecule has 4 aromatic rings. The van der Waals surface area contributed by atoms with Crippen LogP contribution >= 0.6 is 0 Å². The van der Waals surface area contributed by atoms with E-state index in [9.17, 15) is 8.42 Å². The highest BCUT2D eigenvalue weighted by Gasteiger charge is 2.19. The van der Waals surface area contributed by atoms with E-state index >= 15 is 0 Å². The van der Waals surface area contributed by atoms with E-state index in [4.69, 9.17) is 14.6 Å². The number of pyridine rings is 1. The average molecular weight is 411 g/mol. The van der Waals surface area contributed by atoms with Gasteiger partial charge in [0.1, 0.15) is 5.65 Å². The quantitative estimate of drug-likeness (QED) is 0.403. The molecule has 0 atom stereocenters. The lowest BCUT2D eigenvalue weighted by Gasteiger charge is -2.11. The third kappa shape index (κ3) is 3.65. The highest BCUT2D eigenvalue weighted by atomic mass is 32.2. The van der Waals surface area contributed by atoms with E-state index in [0.29, 0.717) is 28.2 Å². The van der Waals surface area contributed by atoms with Crippen LogP contribution in [0.1, 0.15) is 11.5 Å². The van der Waals surface area contributed by atoms with Crippen LogP contribution in [0.15, 0.2) is 52.0 Å². The number of nitrogens with one attached hydrogen (secondary N) is 3. The van der Waals surface area contributed by atoms with Crippen LogP contribution < -0.4 is 10.4 Å². The van der Waals surface area contributed by atoms with Crippen molar-refractivity contribution in [2.24, 2.45) is 0 Å². The Bertz CT molecular complexity index is 1340. The Balaban J connectivity index is 1.61. The van der Waals surface area contributed by atoms with Crippen LogP contribution in [0.25, 0.3) is 22.5 Å². The Morgan fingerprint density at radius 2 is 2.14 bits per heavy atom. The molecule has 0 saturated heterocycles. The van der Waals surface area contributed by atoms with Crippen LogP contribution in [0.3, 0.4) is 0 Å². The Morgan fingerprint density at radius 3 is 2.90 bits per heavy atom. The van der Waals surface area contributed by atoms with E-state index in [-0.39, 0.29) is 16.3 Å². The van der Waals surface area contributed by atoms with Crippen molar-refractivity contribution in [3.05, 3.63) is 54.2 Å². The summed E-state index contributed by atoms with van der Waals surface area (Å²) in [5, 5.41) is 17.3. The van der Waals surface area contributed by atoms with Gasteiger partial charge in [-0.25, -0.2) is 18.9 Å². The molecule has 0 amide bonds. The minimum absolute atomic E-state index is 0.118. The number of nitriles is 1. The second-order valence-corrected chi connectivity index (χ2v) is 7.49. The second kappa shape index (κ2) is 7.32. The van der Waals surface area contributed by atoms with Crippen LogP contribution in [0.2, 0.25) is 0 Å². The molecule has 0 fully saturated rings. The number of H-pyrrole nitrogens is 1. The van der Waals surface area contributed by atoms with E-state index in [1.165, 1.54) is 30.5 Å². The van der Waals surface area contributed by atoms with Crippen molar-refractivity contribution in [1.29, 1.82) is 5.26 Å². The molecule has 11 nitrogen and oxygen atoms in total. The van der Waals surface area contributed by atoms with Crippen molar-refractivity contribution in [3.8, 4) is 17.5 Å². The molecule has 1 aromatic carbocycles. The molecule has 0 aliphatic heterocycles. The Kier molecular flexibility index (Phi) is 4.69. The first-order valence-electron chi connectivity index (χ1n) is 8.18. The van der Waals surface area contributed by atoms with E-state index in [1.54, 1.807) is 19.2 Å². The summed E-state index contributed by atoms with van der Waals surface area (Å²) in [6.45, 7) is 1.64. The standard InChI is InChI=1S/C17H13N7O4S/c1-10-21-22-17(27-10)14-9-20-16-13(5-6-19-16)15(14)23-28-24-29(25,26)12-4-2-3-11(7-12)8-18/h2-7,9,24H,1H3,(H2,19,20,23). The number of hydrogen-bond acceptors (Lipinski definition) is 9. The normalized spacial score (nSPS) is 11.4. The predicted octanol–water partition coefficient (Wildman–Crippen LogP) is 2.03. The van der Waals surface area contributed by atoms with Crippen molar-refractivity contribution >= 4 is 26.7 Å². The maximum Gasteiger partial charge on any atom is 0.264 e. The number of fused-ring (bicyclic) bond motifs is 1. The minimum Gasteiger partial charge on any atom is -0.421 e. The van der Waals surface area contributed by atoms with Gasteiger partial charge >= 0.3 is 0 Å². The van der Waals surface area contributed by atoms with Gasteiger partial charge in [0.05, 0.1) is 27.8 Å². The average Bonchev–Trinajstić information content (AvgIpc) is 3.37. The van der Waals surface area contributed by atoms with Crippen molar-refractivity contribution in [2.45, 2.75) is 11.8 Å². The van der Waals surface area contributed by atoms with Gasteiger partial charge in [-0.15, -0.1) is 10.2 Å². The molecular formula is C17H13N7O4S. The minimum atomic E-state index is -4.04. The smallest absolute Gasteiger partial charge is 0.264 e. The molecule has 0 aliphatic carbocycles. The third-order valence-electron chi connectivity index (χ3n) is 3.92. The van der Waals surface area contributed by atoms with Gasteiger partial charge < -0.3 is 9.40 Å². The number of rotatable bonds is 6. The van der Waals surface area contributed by atoms with Gasteiger partial charge in [0.15, 0.2) is 0 Å². The zero-order valence-corrected chi connectivity index (χ0v) is 15.7. The molecule has 12 heteroatoms. The van der Waals surface area contributed by atoms with Gasteiger partial charge in [0, 0.05) is 24.7 Å².